The van der Waals surface area contributed by atoms with E-state index in [1.165, 1.54) is 0 Å². The molecule has 2 aromatic rings. The minimum atomic E-state index is -4.67. The van der Waals surface area contributed by atoms with Gasteiger partial charge in [0.1, 0.15) is 0 Å². The Kier molecular flexibility index (Phi) is 5.83. The van der Waals surface area contributed by atoms with Gasteiger partial charge in [-0.3, -0.25) is 9.11 Å². The molecular formula is C12H14N2O4S2. The molecule has 0 aliphatic heterocycles. The summed E-state index contributed by atoms with van der Waals surface area (Å²) in [5.74, 6) is 0. The van der Waals surface area contributed by atoms with Crippen LogP contribution in [0.2, 0.25) is 0 Å². The van der Waals surface area contributed by atoms with E-state index in [1.54, 1.807) is 11.8 Å². The van der Waals surface area contributed by atoms with Crippen molar-refractivity contribution in [1.29, 1.82) is 0 Å². The summed E-state index contributed by atoms with van der Waals surface area (Å²) in [4.78, 5) is 2.07. The quantitative estimate of drug-likeness (QED) is 0.495. The minimum absolute atomic E-state index is 0.783. The van der Waals surface area contributed by atoms with Gasteiger partial charge < -0.3 is 11.5 Å². The van der Waals surface area contributed by atoms with Gasteiger partial charge in [-0.25, -0.2) is 0 Å². The molecule has 0 fully saturated rings. The first-order valence-electron chi connectivity index (χ1n) is 5.34. The van der Waals surface area contributed by atoms with Gasteiger partial charge in [-0.1, -0.05) is 36.0 Å². The van der Waals surface area contributed by atoms with E-state index >= 15 is 0 Å². The Bertz CT molecular complexity index is 623. The summed E-state index contributed by atoms with van der Waals surface area (Å²) in [6.07, 6.45) is 0. The van der Waals surface area contributed by atoms with Gasteiger partial charge in [-0.15, -0.1) is 0 Å². The van der Waals surface area contributed by atoms with Crippen LogP contribution in [0.15, 0.2) is 58.3 Å². The zero-order valence-corrected chi connectivity index (χ0v) is 11.9. The Hall–Kier alpha value is -1.74. The van der Waals surface area contributed by atoms with Crippen molar-refractivity contribution in [3.05, 3.63) is 48.5 Å². The van der Waals surface area contributed by atoms with E-state index in [9.17, 15) is 0 Å². The summed E-state index contributed by atoms with van der Waals surface area (Å²) in [5.41, 5.74) is 13.3. The molecule has 2 rings (SSSR count). The van der Waals surface area contributed by atoms with Gasteiger partial charge >= 0.3 is 10.4 Å². The molecule has 8 heteroatoms. The van der Waals surface area contributed by atoms with Gasteiger partial charge in [0.05, 0.1) is 0 Å². The van der Waals surface area contributed by atoms with Gasteiger partial charge in [0.15, 0.2) is 0 Å². The molecule has 0 spiro atoms. The standard InChI is InChI=1S/C12H12N2S.H2O4S/c13-9-5-1-3-7-11(9)15-12-8-4-2-6-10(12)14;1-5(2,3)4/h1-8H,13-14H2;(H2,1,2,3,4). The summed E-state index contributed by atoms with van der Waals surface area (Å²) in [6, 6.07) is 15.6. The molecule has 0 radical (unpaired) electrons. The zero-order valence-electron chi connectivity index (χ0n) is 10.3. The Morgan fingerprint density at radius 2 is 1.10 bits per heavy atom. The Morgan fingerprint density at radius 3 is 1.40 bits per heavy atom. The van der Waals surface area contributed by atoms with Crippen molar-refractivity contribution in [3.63, 3.8) is 0 Å². The van der Waals surface area contributed by atoms with E-state index in [2.05, 4.69) is 0 Å². The van der Waals surface area contributed by atoms with E-state index in [1.807, 2.05) is 48.5 Å². The first-order valence-corrected chi connectivity index (χ1v) is 7.55. The van der Waals surface area contributed by atoms with Crippen molar-refractivity contribution in [2.75, 3.05) is 11.5 Å². The zero-order chi connectivity index (χ0) is 15.2. The fraction of sp³-hybridized carbons (Fsp3) is 0. The summed E-state index contributed by atoms with van der Waals surface area (Å²) in [6.45, 7) is 0. The molecule has 0 aliphatic rings. The van der Waals surface area contributed by atoms with Gasteiger partial charge in [0, 0.05) is 21.2 Å². The second-order valence-corrected chi connectivity index (χ2v) is 5.60. The largest absolute Gasteiger partial charge is 0.398 e. The molecule has 6 nitrogen and oxygen atoms in total. The predicted molar refractivity (Wildman–Crippen MR) is 80.0 cm³/mol. The summed E-state index contributed by atoms with van der Waals surface area (Å²) >= 11 is 1.59. The minimum Gasteiger partial charge on any atom is -0.398 e. The number of para-hydroxylation sites is 2. The topological polar surface area (TPSA) is 127 Å². The van der Waals surface area contributed by atoms with Crippen LogP contribution in [0, 0.1) is 0 Å². The van der Waals surface area contributed by atoms with Gasteiger partial charge in [-0.05, 0) is 24.3 Å². The number of anilines is 2. The van der Waals surface area contributed by atoms with E-state index in [4.69, 9.17) is 29.0 Å². The maximum absolute atomic E-state index is 8.74. The molecular weight excluding hydrogens is 300 g/mol. The maximum Gasteiger partial charge on any atom is 0.394 e. The van der Waals surface area contributed by atoms with Crippen LogP contribution in [0.25, 0.3) is 0 Å². The van der Waals surface area contributed by atoms with Crippen LogP contribution in [0.4, 0.5) is 11.4 Å². The second-order valence-electron chi connectivity index (χ2n) is 3.63. The molecule has 108 valence electrons. The number of rotatable bonds is 2. The molecule has 0 saturated carbocycles. The normalized spacial score (nSPS) is 10.5. The molecule has 0 heterocycles. The van der Waals surface area contributed by atoms with E-state index < -0.39 is 10.4 Å². The van der Waals surface area contributed by atoms with Crippen LogP contribution in [0.1, 0.15) is 0 Å². The van der Waals surface area contributed by atoms with Crippen LogP contribution in [0.5, 0.6) is 0 Å². The SMILES string of the molecule is Nc1ccccc1Sc1ccccc1N.O=S(=O)(O)O. The van der Waals surface area contributed by atoms with Crippen LogP contribution < -0.4 is 11.5 Å². The van der Waals surface area contributed by atoms with Crippen molar-refractivity contribution in [2.45, 2.75) is 9.79 Å². The third kappa shape index (κ3) is 6.43. The third-order valence-corrected chi connectivity index (χ3v) is 3.24. The average Bonchev–Trinajstić information content (AvgIpc) is 2.33. The van der Waals surface area contributed by atoms with E-state index in [0.717, 1.165) is 21.2 Å². The summed E-state index contributed by atoms with van der Waals surface area (Å²) < 4.78 is 31.6. The van der Waals surface area contributed by atoms with E-state index in [0.29, 0.717) is 0 Å². The fourth-order valence-electron chi connectivity index (χ4n) is 1.27. The fourth-order valence-corrected chi connectivity index (χ4v) is 2.17. The van der Waals surface area contributed by atoms with Crippen LogP contribution >= 0.6 is 11.8 Å². The molecule has 0 saturated heterocycles. The second kappa shape index (κ2) is 7.15. The number of nitrogen functional groups attached to an aromatic ring is 2. The van der Waals surface area contributed by atoms with Crippen molar-refractivity contribution in [3.8, 4) is 0 Å². The third-order valence-electron chi connectivity index (χ3n) is 2.06. The smallest absolute Gasteiger partial charge is 0.394 e. The number of hydrogen-bond donors (Lipinski definition) is 4. The summed E-state index contributed by atoms with van der Waals surface area (Å²) in [7, 11) is -4.67. The highest BCUT2D eigenvalue weighted by Crippen LogP contribution is 2.34. The Morgan fingerprint density at radius 1 is 0.800 bits per heavy atom. The molecule has 6 N–H and O–H groups in total. The predicted octanol–water partition coefficient (Wildman–Crippen LogP) is 2.35. The maximum atomic E-state index is 8.74. The molecule has 0 aromatic heterocycles. The van der Waals surface area contributed by atoms with Crippen molar-refractivity contribution < 1.29 is 17.5 Å². The highest BCUT2D eigenvalue weighted by molar-refractivity contribution is 7.99. The average molecular weight is 314 g/mol. The molecule has 0 bridgehead atoms. The lowest BCUT2D eigenvalue weighted by Gasteiger charge is -2.06. The van der Waals surface area contributed by atoms with Crippen molar-refractivity contribution in [1.82, 2.24) is 0 Å². The van der Waals surface area contributed by atoms with Crippen molar-refractivity contribution in [2.24, 2.45) is 0 Å². The first-order chi connectivity index (χ1) is 9.27. The van der Waals surface area contributed by atoms with Gasteiger partial charge in [0.25, 0.3) is 0 Å². The lowest BCUT2D eigenvalue weighted by Crippen LogP contribution is -1.90. The van der Waals surface area contributed by atoms with Gasteiger partial charge in [0.2, 0.25) is 0 Å². The van der Waals surface area contributed by atoms with Crippen LogP contribution in [-0.4, -0.2) is 17.5 Å². The molecule has 0 unspecified atom stereocenters. The van der Waals surface area contributed by atoms with E-state index in [-0.39, 0.29) is 0 Å². The molecule has 2 aromatic carbocycles. The van der Waals surface area contributed by atoms with Gasteiger partial charge in [-0.2, -0.15) is 8.42 Å². The highest BCUT2D eigenvalue weighted by atomic mass is 32.3. The lowest BCUT2D eigenvalue weighted by atomic mass is 10.3. The number of nitrogens with two attached hydrogens (primary N) is 2. The number of benzene rings is 2. The van der Waals surface area contributed by atoms with Crippen molar-refractivity contribution >= 4 is 33.5 Å². The Labute approximate surface area is 121 Å². The lowest BCUT2D eigenvalue weighted by molar-refractivity contribution is 0.381. The monoisotopic (exact) mass is 314 g/mol. The molecule has 0 atom stereocenters. The highest BCUT2D eigenvalue weighted by Gasteiger charge is 2.02. The molecule has 0 aliphatic carbocycles. The first kappa shape index (κ1) is 16.3. The number of hydrogen-bond acceptors (Lipinski definition) is 5. The Balaban J connectivity index is 0.000000347. The summed E-state index contributed by atoms with van der Waals surface area (Å²) in [5, 5.41) is 0. The van der Waals surface area contributed by atoms with Crippen LogP contribution in [-0.2, 0) is 10.4 Å². The molecule has 20 heavy (non-hydrogen) atoms. The van der Waals surface area contributed by atoms with Crippen LogP contribution in [0.3, 0.4) is 0 Å². The molecule has 0 amide bonds.